The van der Waals surface area contributed by atoms with Crippen LogP contribution in [0.4, 0.5) is 22.0 Å². The molecule has 0 aliphatic carbocycles. The van der Waals surface area contributed by atoms with E-state index in [-0.39, 0.29) is 53.3 Å². The Labute approximate surface area is 242 Å². The Kier molecular flexibility index (Phi) is 8.21. The SMILES string of the molecule is CCc1nc(-c2ccc(C[C@H](NC(=O)c3c(F)cccc3F)C(=O)OC)c3c2OCCO3)c(C(F)(F)F)c2ccccc12. The number of alkyl halides is 3. The van der Waals surface area contributed by atoms with E-state index >= 15 is 0 Å². The lowest BCUT2D eigenvalue weighted by molar-refractivity contribution is -0.143. The Morgan fingerprint density at radius 3 is 2.23 bits per heavy atom. The average Bonchev–Trinajstić information content (AvgIpc) is 2.99. The summed E-state index contributed by atoms with van der Waals surface area (Å²) < 4.78 is 88.6. The molecule has 0 saturated carbocycles. The number of carbonyl (C=O) groups excluding carboxylic acids is 2. The largest absolute Gasteiger partial charge is 0.486 e. The molecule has 0 fully saturated rings. The van der Waals surface area contributed by atoms with Crippen molar-refractivity contribution < 1.29 is 45.8 Å². The Morgan fingerprint density at radius 2 is 1.60 bits per heavy atom. The van der Waals surface area contributed by atoms with Gasteiger partial charge in [-0.3, -0.25) is 9.78 Å². The minimum atomic E-state index is -4.77. The van der Waals surface area contributed by atoms with Crippen LogP contribution in [0.5, 0.6) is 11.5 Å². The van der Waals surface area contributed by atoms with Crippen LogP contribution >= 0.6 is 0 Å². The number of pyridine rings is 1. The number of halogens is 5. The van der Waals surface area contributed by atoms with Gasteiger partial charge in [-0.15, -0.1) is 0 Å². The second-order valence-electron chi connectivity index (χ2n) is 9.66. The third-order valence-electron chi connectivity index (χ3n) is 7.04. The van der Waals surface area contributed by atoms with E-state index in [1.54, 1.807) is 19.1 Å². The van der Waals surface area contributed by atoms with Crippen LogP contribution in [0.25, 0.3) is 22.0 Å². The molecular weight excluding hydrogens is 575 g/mol. The molecule has 0 radical (unpaired) electrons. The number of aromatic nitrogens is 1. The first kappa shape index (κ1) is 29.7. The Hall–Kier alpha value is -4.74. The van der Waals surface area contributed by atoms with Gasteiger partial charge >= 0.3 is 12.1 Å². The van der Waals surface area contributed by atoms with Crippen LogP contribution < -0.4 is 14.8 Å². The van der Waals surface area contributed by atoms with E-state index in [1.165, 1.54) is 24.3 Å². The molecule has 1 aliphatic heterocycles. The number of carbonyl (C=O) groups is 2. The van der Waals surface area contributed by atoms with Gasteiger partial charge in [0.25, 0.3) is 5.91 Å². The molecule has 43 heavy (non-hydrogen) atoms. The van der Waals surface area contributed by atoms with E-state index in [4.69, 9.17) is 14.2 Å². The highest BCUT2D eigenvalue weighted by Crippen LogP contribution is 2.48. The Balaban J connectivity index is 1.61. The van der Waals surface area contributed by atoms with E-state index in [0.29, 0.717) is 17.5 Å². The Morgan fingerprint density at radius 1 is 0.953 bits per heavy atom. The molecule has 0 spiro atoms. The number of methoxy groups -OCH3 is 1. The predicted molar refractivity (Wildman–Crippen MR) is 146 cm³/mol. The summed E-state index contributed by atoms with van der Waals surface area (Å²) in [6.07, 6.45) is -4.69. The molecule has 1 amide bonds. The van der Waals surface area contributed by atoms with Crippen molar-refractivity contribution in [1.29, 1.82) is 0 Å². The third-order valence-corrected chi connectivity index (χ3v) is 7.04. The van der Waals surface area contributed by atoms with E-state index < -0.39 is 46.9 Å². The number of fused-ring (bicyclic) bond motifs is 2. The van der Waals surface area contributed by atoms with Gasteiger partial charge < -0.3 is 19.5 Å². The van der Waals surface area contributed by atoms with E-state index in [9.17, 15) is 31.5 Å². The molecule has 7 nitrogen and oxygen atoms in total. The number of rotatable bonds is 7. The second-order valence-corrected chi connectivity index (χ2v) is 9.66. The highest BCUT2D eigenvalue weighted by Gasteiger charge is 2.39. The number of aryl methyl sites for hydroxylation is 1. The summed E-state index contributed by atoms with van der Waals surface area (Å²) in [6.45, 7) is 1.87. The normalized spacial score (nSPS) is 13.5. The maximum Gasteiger partial charge on any atom is 0.419 e. The summed E-state index contributed by atoms with van der Waals surface area (Å²) in [5.41, 5.74) is -1.41. The lowest BCUT2D eigenvalue weighted by Crippen LogP contribution is -2.43. The minimum absolute atomic E-state index is 0.0137. The van der Waals surface area contributed by atoms with Gasteiger partial charge in [0.15, 0.2) is 11.5 Å². The lowest BCUT2D eigenvalue weighted by Gasteiger charge is -2.26. The number of nitrogens with zero attached hydrogens (tertiary/aromatic N) is 1. The molecule has 0 bridgehead atoms. The van der Waals surface area contributed by atoms with Gasteiger partial charge in [0.05, 0.1) is 18.4 Å². The van der Waals surface area contributed by atoms with Gasteiger partial charge in [-0.1, -0.05) is 43.3 Å². The fourth-order valence-electron chi connectivity index (χ4n) is 5.12. The molecule has 224 valence electrons. The molecular formula is C31H25F5N2O5. The van der Waals surface area contributed by atoms with Crippen LogP contribution in [0.3, 0.4) is 0 Å². The second kappa shape index (κ2) is 11.9. The number of esters is 1. The number of hydrogen-bond donors (Lipinski definition) is 1. The van der Waals surface area contributed by atoms with Crippen molar-refractivity contribution >= 4 is 22.6 Å². The van der Waals surface area contributed by atoms with E-state index in [0.717, 1.165) is 25.3 Å². The standard InChI is InChI=1S/C31H25F5N2O5/c1-3-22-17-7-4-5-8-18(17)25(31(34,35)36)26(37-22)19-12-11-16(27-28(19)43-14-13-42-27)15-23(30(40)41-2)38-29(39)24-20(32)9-6-10-21(24)33/h4-12,23H,3,13-15H2,1-2H3,(H,38,39)/t23-/m0/s1. The van der Waals surface area contributed by atoms with Crippen molar-refractivity contribution in [3.8, 4) is 22.8 Å². The quantitative estimate of drug-likeness (QED) is 0.206. The summed E-state index contributed by atoms with van der Waals surface area (Å²) >= 11 is 0. The first-order valence-corrected chi connectivity index (χ1v) is 13.3. The van der Waals surface area contributed by atoms with Crippen LogP contribution in [-0.4, -0.2) is 43.2 Å². The van der Waals surface area contributed by atoms with Crippen molar-refractivity contribution in [2.24, 2.45) is 0 Å². The van der Waals surface area contributed by atoms with Crippen molar-refractivity contribution in [2.75, 3.05) is 20.3 Å². The van der Waals surface area contributed by atoms with Gasteiger partial charge in [0.2, 0.25) is 0 Å². The molecule has 1 aromatic heterocycles. The minimum Gasteiger partial charge on any atom is -0.486 e. The summed E-state index contributed by atoms with van der Waals surface area (Å²) in [7, 11) is 1.07. The molecule has 1 aliphatic rings. The zero-order valence-corrected chi connectivity index (χ0v) is 23.0. The smallest absolute Gasteiger partial charge is 0.419 e. The molecule has 5 rings (SSSR count). The number of nitrogens with one attached hydrogen (secondary N) is 1. The van der Waals surface area contributed by atoms with E-state index in [1.807, 2.05) is 0 Å². The molecule has 3 aromatic carbocycles. The summed E-state index contributed by atoms with van der Waals surface area (Å²) in [5, 5.41) is 2.65. The summed E-state index contributed by atoms with van der Waals surface area (Å²) in [6, 6.07) is 10.4. The third kappa shape index (κ3) is 5.69. The fourth-order valence-corrected chi connectivity index (χ4v) is 5.12. The molecule has 4 aromatic rings. The summed E-state index contributed by atoms with van der Waals surface area (Å²) in [5.74, 6) is -4.36. The van der Waals surface area contributed by atoms with Crippen molar-refractivity contribution in [3.63, 3.8) is 0 Å². The first-order valence-electron chi connectivity index (χ1n) is 13.3. The van der Waals surface area contributed by atoms with Crippen LogP contribution in [0.1, 0.15) is 34.1 Å². The molecule has 0 saturated heterocycles. The first-order chi connectivity index (χ1) is 20.5. The zero-order valence-electron chi connectivity index (χ0n) is 23.0. The molecule has 0 unspecified atom stereocenters. The van der Waals surface area contributed by atoms with Crippen LogP contribution in [0, 0.1) is 11.6 Å². The van der Waals surface area contributed by atoms with Gasteiger partial charge in [0.1, 0.15) is 36.5 Å². The van der Waals surface area contributed by atoms with Crippen LogP contribution in [0.2, 0.25) is 0 Å². The van der Waals surface area contributed by atoms with Crippen LogP contribution in [0.15, 0.2) is 54.6 Å². The lowest BCUT2D eigenvalue weighted by atomic mass is 9.94. The number of benzene rings is 3. The van der Waals surface area contributed by atoms with E-state index in [2.05, 4.69) is 10.3 Å². The number of amides is 1. The highest BCUT2D eigenvalue weighted by atomic mass is 19.4. The van der Waals surface area contributed by atoms with Crippen molar-refractivity contribution in [2.45, 2.75) is 32.0 Å². The molecule has 1 N–H and O–H groups in total. The van der Waals surface area contributed by atoms with Gasteiger partial charge in [-0.05, 0) is 30.0 Å². The maximum absolute atomic E-state index is 14.6. The maximum atomic E-state index is 14.6. The zero-order chi connectivity index (χ0) is 30.9. The predicted octanol–water partition coefficient (Wildman–Crippen LogP) is 6.05. The fraction of sp³-hybridized carbons (Fsp3) is 0.258. The highest BCUT2D eigenvalue weighted by molar-refractivity contribution is 5.97. The average molecular weight is 601 g/mol. The van der Waals surface area contributed by atoms with Gasteiger partial charge in [0, 0.05) is 28.6 Å². The topological polar surface area (TPSA) is 86.8 Å². The number of ether oxygens (including phenoxy) is 3. The molecule has 2 heterocycles. The van der Waals surface area contributed by atoms with Crippen LogP contribution in [-0.2, 0) is 28.5 Å². The van der Waals surface area contributed by atoms with Gasteiger partial charge in [-0.25, -0.2) is 13.6 Å². The van der Waals surface area contributed by atoms with Crippen molar-refractivity contribution in [1.82, 2.24) is 10.3 Å². The van der Waals surface area contributed by atoms with Crippen molar-refractivity contribution in [3.05, 3.63) is 88.6 Å². The molecule has 1 atom stereocenters. The Bertz CT molecular complexity index is 1700. The monoisotopic (exact) mass is 600 g/mol. The van der Waals surface area contributed by atoms with Gasteiger partial charge in [-0.2, -0.15) is 13.2 Å². The number of hydrogen-bond acceptors (Lipinski definition) is 6. The molecule has 12 heteroatoms. The summed E-state index contributed by atoms with van der Waals surface area (Å²) in [4.78, 5) is 29.8.